The van der Waals surface area contributed by atoms with Gasteiger partial charge in [0.05, 0.1) is 10.8 Å². The van der Waals surface area contributed by atoms with E-state index in [-0.39, 0.29) is 23.3 Å². The lowest BCUT2D eigenvalue weighted by molar-refractivity contribution is -0.122. The van der Waals surface area contributed by atoms with Crippen LogP contribution in [0.5, 0.6) is 0 Å². The predicted molar refractivity (Wildman–Crippen MR) is 98.4 cm³/mol. The largest absolute Gasteiger partial charge is 0.355 e. The standard InChI is InChI=1S/C17H24N6O3S/c1-13-6-8-14(9-7-13)27(25,26)19-11-4-10-18-17(24)15-5-2-3-12-23-16(15)20-21-22-23/h6-9,15,19H,2-5,10-12H2,1H3,(H,18,24)/t15-/m0/s1. The van der Waals surface area contributed by atoms with Gasteiger partial charge in [-0.1, -0.05) is 24.1 Å². The van der Waals surface area contributed by atoms with Crippen molar-refractivity contribution in [2.75, 3.05) is 13.1 Å². The first-order valence-corrected chi connectivity index (χ1v) is 10.6. The molecule has 0 unspecified atom stereocenters. The van der Waals surface area contributed by atoms with Crippen molar-refractivity contribution in [1.29, 1.82) is 0 Å². The van der Waals surface area contributed by atoms with E-state index in [1.807, 2.05) is 6.92 Å². The van der Waals surface area contributed by atoms with Gasteiger partial charge in [0.25, 0.3) is 0 Å². The van der Waals surface area contributed by atoms with Crippen LogP contribution in [0.3, 0.4) is 0 Å². The van der Waals surface area contributed by atoms with Crippen LogP contribution < -0.4 is 10.0 Å². The monoisotopic (exact) mass is 392 g/mol. The number of nitrogens with zero attached hydrogens (tertiary/aromatic N) is 4. The molecule has 1 aromatic heterocycles. The van der Waals surface area contributed by atoms with E-state index in [1.165, 1.54) is 0 Å². The lowest BCUT2D eigenvalue weighted by Gasteiger charge is -2.13. The molecule has 146 valence electrons. The number of carbonyl (C=O) groups is 1. The van der Waals surface area contributed by atoms with Gasteiger partial charge in [-0.2, -0.15) is 0 Å². The van der Waals surface area contributed by atoms with E-state index < -0.39 is 10.0 Å². The van der Waals surface area contributed by atoms with Crippen molar-refractivity contribution in [3.05, 3.63) is 35.7 Å². The normalized spacial score (nSPS) is 17.1. The van der Waals surface area contributed by atoms with Gasteiger partial charge in [-0.25, -0.2) is 17.8 Å². The molecule has 0 bridgehead atoms. The maximum atomic E-state index is 12.5. The van der Waals surface area contributed by atoms with Crippen LogP contribution >= 0.6 is 0 Å². The number of rotatable bonds is 7. The Morgan fingerprint density at radius 2 is 2.00 bits per heavy atom. The second-order valence-electron chi connectivity index (χ2n) is 6.66. The first kappa shape index (κ1) is 19.4. The lowest BCUT2D eigenvalue weighted by atomic mass is 10.0. The Morgan fingerprint density at radius 1 is 1.22 bits per heavy atom. The zero-order valence-electron chi connectivity index (χ0n) is 15.3. The lowest BCUT2D eigenvalue weighted by Crippen LogP contribution is -2.33. The Balaban J connectivity index is 1.45. The maximum Gasteiger partial charge on any atom is 0.240 e. The van der Waals surface area contributed by atoms with Gasteiger partial charge in [0, 0.05) is 19.6 Å². The van der Waals surface area contributed by atoms with Gasteiger partial charge in [0.15, 0.2) is 5.82 Å². The number of nitrogens with one attached hydrogen (secondary N) is 2. The molecular weight excluding hydrogens is 368 g/mol. The Labute approximate surface area is 158 Å². The minimum Gasteiger partial charge on any atom is -0.355 e. The molecule has 1 atom stereocenters. The Kier molecular flexibility index (Phi) is 6.17. The van der Waals surface area contributed by atoms with Crippen molar-refractivity contribution in [3.63, 3.8) is 0 Å². The van der Waals surface area contributed by atoms with E-state index in [0.29, 0.717) is 25.2 Å². The summed E-state index contributed by atoms with van der Waals surface area (Å²) in [7, 11) is -3.53. The zero-order chi connectivity index (χ0) is 19.3. The number of sulfonamides is 1. The summed E-state index contributed by atoms with van der Waals surface area (Å²) in [5.74, 6) is 0.131. The van der Waals surface area contributed by atoms with Crippen LogP contribution in [0.1, 0.15) is 43.0 Å². The molecule has 1 amide bonds. The molecule has 3 rings (SSSR count). The van der Waals surface area contributed by atoms with Gasteiger partial charge in [-0.3, -0.25) is 4.79 Å². The molecule has 2 heterocycles. The van der Waals surface area contributed by atoms with Gasteiger partial charge in [0.2, 0.25) is 15.9 Å². The summed E-state index contributed by atoms with van der Waals surface area (Å²) in [6, 6.07) is 6.68. The second kappa shape index (κ2) is 8.57. The van der Waals surface area contributed by atoms with E-state index in [1.54, 1.807) is 28.9 Å². The van der Waals surface area contributed by atoms with E-state index >= 15 is 0 Å². The van der Waals surface area contributed by atoms with Crippen LogP contribution in [-0.4, -0.2) is 47.6 Å². The van der Waals surface area contributed by atoms with E-state index in [9.17, 15) is 13.2 Å². The molecule has 0 aliphatic carbocycles. The predicted octanol–water partition coefficient (Wildman–Crippen LogP) is 0.734. The first-order valence-electron chi connectivity index (χ1n) is 9.07. The van der Waals surface area contributed by atoms with Crippen LogP contribution in [0.4, 0.5) is 0 Å². The molecular formula is C17H24N6O3S. The number of amides is 1. The molecule has 0 saturated carbocycles. The highest BCUT2D eigenvalue weighted by Gasteiger charge is 2.28. The summed E-state index contributed by atoms with van der Waals surface area (Å²) in [4.78, 5) is 12.7. The van der Waals surface area contributed by atoms with Gasteiger partial charge < -0.3 is 5.32 Å². The fourth-order valence-corrected chi connectivity index (χ4v) is 4.11. The number of fused-ring (bicyclic) bond motifs is 1. The first-order chi connectivity index (χ1) is 13.0. The number of aromatic nitrogens is 4. The van der Waals surface area contributed by atoms with Gasteiger partial charge in [-0.15, -0.1) is 5.10 Å². The summed E-state index contributed by atoms with van der Waals surface area (Å²) >= 11 is 0. The molecule has 2 aromatic rings. The number of aryl methyl sites for hydroxylation is 2. The third-order valence-corrected chi connectivity index (χ3v) is 6.05. The fourth-order valence-electron chi connectivity index (χ4n) is 3.04. The highest BCUT2D eigenvalue weighted by atomic mass is 32.2. The van der Waals surface area contributed by atoms with Crippen molar-refractivity contribution in [3.8, 4) is 0 Å². The number of tetrazole rings is 1. The van der Waals surface area contributed by atoms with Crippen molar-refractivity contribution >= 4 is 15.9 Å². The second-order valence-corrected chi connectivity index (χ2v) is 8.43. The summed E-state index contributed by atoms with van der Waals surface area (Å²) < 4.78 is 28.7. The van der Waals surface area contributed by atoms with Crippen LogP contribution in [0.15, 0.2) is 29.2 Å². The van der Waals surface area contributed by atoms with E-state index in [0.717, 1.165) is 24.9 Å². The third kappa shape index (κ3) is 4.89. The molecule has 1 aliphatic heterocycles. The van der Waals surface area contributed by atoms with Gasteiger partial charge >= 0.3 is 0 Å². The van der Waals surface area contributed by atoms with E-state index in [2.05, 4.69) is 25.6 Å². The molecule has 0 spiro atoms. The van der Waals surface area contributed by atoms with Crippen molar-refractivity contribution in [1.82, 2.24) is 30.2 Å². The zero-order valence-corrected chi connectivity index (χ0v) is 16.1. The van der Waals surface area contributed by atoms with Crippen LogP contribution in [-0.2, 0) is 21.4 Å². The van der Waals surface area contributed by atoms with Crippen LogP contribution in [0, 0.1) is 6.92 Å². The van der Waals surface area contributed by atoms with E-state index in [4.69, 9.17) is 0 Å². The number of carbonyl (C=O) groups excluding carboxylic acids is 1. The average molecular weight is 392 g/mol. The number of hydrogen-bond donors (Lipinski definition) is 2. The molecule has 0 saturated heterocycles. The molecule has 9 nitrogen and oxygen atoms in total. The quantitative estimate of drug-likeness (QED) is 0.671. The number of benzene rings is 1. The maximum absolute atomic E-state index is 12.5. The molecule has 0 radical (unpaired) electrons. The molecule has 1 aromatic carbocycles. The Bertz CT molecular complexity index is 878. The van der Waals surface area contributed by atoms with Gasteiger partial charge in [0.1, 0.15) is 0 Å². The summed E-state index contributed by atoms with van der Waals surface area (Å²) in [6.45, 7) is 3.26. The molecule has 2 N–H and O–H groups in total. The summed E-state index contributed by atoms with van der Waals surface area (Å²) in [5, 5.41) is 14.4. The van der Waals surface area contributed by atoms with Crippen molar-refractivity contribution in [2.45, 2.75) is 50.0 Å². The molecule has 0 fully saturated rings. The van der Waals surface area contributed by atoms with Crippen molar-refractivity contribution < 1.29 is 13.2 Å². The highest BCUT2D eigenvalue weighted by molar-refractivity contribution is 7.89. The fraction of sp³-hybridized carbons (Fsp3) is 0.529. The number of hydrogen-bond acceptors (Lipinski definition) is 6. The molecule has 1 aliphatic rings. The van der Waals surface area contributed by atoms with Gasteiger partial charge in [-0.05, 0) is 48.7 Å². The molecule has 27 heavy (non-hydrogen) atoms. The minimum atomic E-state index is -3.53. The summed E-state index contributed by atoms with van der Waals surface area (Å²) in [5.41, 5.74) is 1.00. The topological polar surface area (TPSA) is 119 Å². The van der Waals surface area contributed by atoms with Crippen LogP contribution in [0.2, 0.25) is 0 Å². The third-order valence-electron chi connectivity index (χ3n) is 4.58. The minimum absolute atomic E-state index is 0.116. The Morgan fingerprint density at radius 3 is 2.78 bits per heavy atom. The SMILES string of the molecule is Cc1ccc(S(=O)(=O)NCCCNC(=O)[C@H]2CCCCn3nnnc32)cc1. The van der Waals surface area contributed by atoms with Crippen molar-refractivity contribution in [2.24, 2.45) is 0 Å². The Hall–Kier alpha value is -2.33. The highest BCUT2D eigenvalue weighted by Crippen LogP contribution is 2.23. The molecule has 10 heteroatoms. The van der Waals surface area contributed by atoms with Crippen LogP contribution in [0.25, 0.3) is 0 Å². The summed E-state index contributed by atoms with van der Waals surface area (Å²) in [6.07, 6.45) is 3.09. The smallest absolute Gasteiger partial charge is 0.240 e. The average Bonchev–Trinajstić information content (AvgIpc) is 3.00.